The highest BCUT2D eigenvalue weighted by molar-refractivity contribution is 7.47. The fourth-order valence-electron chi connectivity index (χ4n) is 6.39. The van der Waals surface area contributed by atoms with E-state index in [4.69, 9.17) is 9.05 Å². The Morgan fingerprint density at radius 1 is 0.630 bits per heavy atom. The summed E-state index contributed by atoms with van der Waals surface area (Å²) in [5, 5.41) is 24.6. The van der Waals surface area contributed by atoms with Crippen LogP contribution in [0.1, 0.15) is 194 Å². The van der Waals surface area contributed by atoms with Crippen LogP contribution in [-0.4, -0.2) is 84.6 Å². The second kappa shape index (κ2) is 36.3. The number of nitrogens with zero attached hydrogens (tertiary/aromatic N) is 1. The number of likely N-dealkylation sites (N-methyl/N-ethyl adjacent to an activating group) is 1. The molecule has 4 atom stereocenters. The lowest BCUT2D eigenvalue weighted by atomic mass is 10.0. The van der Waals surface area contributed by atoms with Gasteiger partial charge in [0.2, 0.25) is 5.91 Å². The minimum Gasteiger partial charge on any atom is -0.390 e. The topological polar surface area (TPSA) is 125 Å². The minimum atomic E-state index is -4.42. The van der Waals surface area contributed by atoms with Crippen molar-refractivity contribution in [2.24, 2.45) is 0 Å². The van der Waals surface area contributed by atoms with Gasteiger partial charge in [0.25, 0.3) is 0 Å². The molecule has 0 saturated heterocycles. The summed E-state index contributed by atoms with van der Waals surface area (Å²) >= 11 is 0. The minimum absolute atomic E-state index is 0.0155. The summed E-state index contributed by atoms with van der Waals surface area (Å²) in [6.45, 7) is 4.55. The van der Waals surface area contributed by atoms with Gasteiger partial charge in [-0.2, -0.15) is 0 Å². The second-order valence-electron chi connectivity index (χ2n) is 16.6. The number of unbranched alkanes of at least 4 members (excludes halogenated alkanes) is 22. The quantitative estimate of drug-likeness (QED) is 0.0211. The average Bonchev–Trinajstić information content (AvgIpc) is 3.12. The van der Waals surface area contributed by atoms with Gasteiger partial charge in [-0.05, 0) is 51.4 Å². The van der Waals surface area contributed by atoms with Crippen LogP contribution in [0.4, 0.5) is 0 Å². The molecule has 0 heterocycles. The molecule has 4 N–H and O–H groups in total. The Bertz CT molecular complexity index is 956. The van der Waals surface area contributed by atoms with Crippen LogP contribution in [0.15, 0.2) is 24.3 Å². The van der Waals surface area contributed by atoms with Crippen LogP contribution in [-0.2, 0) is 18.4 Å². The number of quaternary nitrogens is 1. The SMILES string of the molecule is CCCCC/C=C/CC/C=C/CCCC(O)C(O)C(COP(=O)(O)OCC[N+](C)(C)C)NC(=O)CCCCCCCCCCCCCCCCCCCC. The number of carbonyl (C=O) groups is 1. The first-order chi connectivity index (χ1) is 25.9. The first kappa shape index (κ1) is 52.9. The van der Waals surface area contributed by atoms with Gasteiger partial charge in [0.05, 0.1) is 39.9 Å². The van der Waals surface area contributed by atoms with E-state index in [0.29, 0.717) is 23.9 Å². The van der Waals surface area contributed by atoms with Gasteiger partial charge in [0.1, 0.15) is 19.3 Å². The van der Waals surface area contributed by atoms with Gasteiger partial charge in [0.15, 0.2) is 0 Å². The number of aliphatic hydroxyl groups excluding tert-OH is 2. The Kier molecular flexibility index (Phi) is 35.6. The van der Waals surface area contributed by atoms with E-state index < -0.39 is 32.7 Å². The van der Waals surface area contributed by atoms with Gasteiger partial charge in [0, 0.05) is 6.42 Å². The monoisotopic (exact) mass is 788 g/mol. The van der Waals surface area contributed by atoms with E-state index in [-0.39, 0.29) is 18.9 Å². The number of rotatable bonds is 40. The van der Waals surface area contributed by atoms with E-state index in [9.17, 15) is 24.5 Å². The largest absolute Gasteiger partial charge is 0.472 e. The van der Waals surface area contributed by atoms with E-state index in [0.717, 1.165) is 44.9 Å². The highest BCUT2D eigenvalue weighted by Crippen LogP contribution is 2.43. The van der Waals surface area contributed by atoms with Gasteiger partial charge >= 0.3 is 7.82 Å². The zero-order valence-corrected chi connectivity index (χ0v) is 36.7. The highest BCUT2D eigenvalue weighted by Gasteiger charge is 2.31. The molecule has 0 saturated carbocycles. The number of amides is 1. The predicted molar refractivity (Wildman–Crippen MR) is 227 cm³/mol. The number of hydrogen-bond acceptors (Lipinski definition) is 6. The van der Waals surface area contributed by atoms with Crippen LogP contribution in [0.3, 0.4) is 0 Å². The van der Waals surface area contributed by atoms with Crippen LogP contribution in [0, 0.1) is 0 Å². The molecule has 0 bridgehead atoms. The summed E-state index contributed by atoms with van der Waals surface area (Å²) in [7, 11) is 1.41. The van der Waals surface area contributed by atoms with Gasteiger partial charge in [-0.25, -0.2) is 4.57 Å². The summed E-state index contributed by atoms with van der Waals surface area (Å²) in [4.78, 5) is 23.1. The fraction of sp³-hybridized carbons (Fsp3) is 0.886. The molecule has 0 aromatic rings. The zero-order valence-electron chi connectivity index (χ0n) is 35.8. The van der Waals surface area contributed by atoms with Crippen LogP contribution < -0.4 is 5.32 Å². The van der Waals surface area contributed by atoms with Crippen molar-refractivity contribution in [3.8, 4) is 0 Å². The first-order valence-electron chi connectivity index (χ1n) is 22.3. The molecule has 0 aromatic carbocycles. The molecule has 4 unspecified atom stereocenters. The van der Waals surface area contributed by atoms with E-state index in [1.54, 1.807) is 0 Å². The Morgan fingerprint density at radius 2 is 1.06 bits per heavy atom. The smallest absolute Gasteiger partial charge is 0.390 e. The molecule has 0 rings (SSSR count). The molecule has 10 heteroatoms. The molecule has 0 spiro atoms. The van der Waals surface area contributed by atoms with Crippen molar-refractivity contribution in [2.75, 3.05) is 40.9 Å². The first-order valence-corrected chi connectivity index (χ1v) is 23.8. The number of phosphoric acid groups is 1. The van der Waals surface area contributed by atoms with Crippen molar-refractivity contribution in [2.45, 2.75) is 212 Å². The summed E-state index contributed by atoms with van der Waals surface area (Å²) in [5.41, 5.74) is 0. The van der Waals surface area contributed by atoms with E-state index in [1.165, 1.54) is 116 Å². The molecule has 0 fully saturated rings. The molecule has 320 valence electrons. The zero-order chi connectivity index (χ0) is 40.2. The molecule has 0 aliphatic heterocycles. The number of aliphatic hydroxyl groups is 2. The average molecular weight is 788 g/mol. The molecule has 0 aromatic heterocycles. The van der Waals surface area contributed by atoms with Crippen molar-refractivity contribution in [3.05, 3.63) is 24.3 Å². The summed E-state index contributed by atoms with van der Waals surface area (Å²) in [5.74, 6) is -0.271. The molecule has 1 amide bonds. The molecular formula is C44H88N2O7P+. The molecule has 54 heavy (non-hydrogen) atoms. The molecule has 0 aliphatic carbocycles. The number of hydrogen-bond donors (Lipinski definition) is 4. The highest BCUT2D eigenvalue weighted by atomic mass is 31.2. The second-order valence-corrected chi connectivity index (χ2v) is 18.0. The lowest BCUT2D eigenvalue weighted by Crippen LogP contribution is -2.51. The standard InChI is InChI=1S/C44H87N2O7P/c1-6-8-10-12-14-16-18-20-21-22-23-24-25-27-29-31-33-35-37-43(48)45-41(40-53-54(50,51)52-39-38-46(3,4)5)44(49)42(47)36-34-32-30-28-26-19-17-15-13-11-9-7-2/h15,17,28,30,41-42,44,47,49H,6-14,16,18-27,29,31-40H2,1-5H3,(H-,45,48,50,51)/p+1/b17-15+,30-28+. The van der Waals surface area contributed by atoms with Crippen molar-refractivity contribution < 1.29 is 38.0 Å². The summed E-state index contributed by atoms with van der Waals surface area (Å²) in [6, 6.07) is -1.05. The molecular weight excluding hydrogens is 699 g/mol. The third kappa shape index (κ3) is 36.6. The number of allylic oxidation sites excluding steroid dienone is 4. The molecule has 0 aliphatic rings. The van der Waals surface area contributed by atoms with E-state index >= 15 is 0 Å². The van der Waals surface area contributed by atoms with Crippen molar-refractivity contribution in [1.29, 1.82) is 0 Å². The lowest BCUT2D eigenvalue weighted by molar-refractivity contribution is -0.870. The van der Waals surface area contributed by atoms with Gasteiger partial charge in [-0.3, -0.25) is 13.8 Å². The maximum absolute atomic E-state index is 12.9. The third-order valence-corrected chi connectivity index (χ3v) is 11.0. The van der Waals surface area contributed by atoms with Crippen LogP contribution in [0.5, 0.6) is 0 Å². The Hall–Kier alpha value is -1.06. The summed E-state index contributed by atoms with van der Waals surface area (Å²) in [6.07, 6.45) is 38.1. The van der Waals surface area contributed by atoms with Gasteiger partial charge in [-0.1, -0.05) is 160 Å². The normalized spacial score (nSPS) is 15.2. The Balaban J connectivity index is 4.49. The van der Waals surface area contributed by atoms with Gasteiger partial charge in [-0.15, -0.1) is 0 Å². The van der Waals surface area contributed by atoms with E-state index in [1.807, 2.05) is 21.1 Å². The van der Waals surface area contributed by atoms with E-state index in [2.05, 4.69) is 43.5 Å². The molecule has 0 radical (unpaired) electrons. The Morgan fingerprint density at radius 3 is 1.54 bits per heavy atom. The fourth-order valence-corrected chi connectivity index (χ4v) is 7.13. The Labute approximate surface area is 333 Å². The lowest BCUT2D eigenvalue weighted by Gasteiger charge is -2.28. The number of nitrogens with one attached hydrogen (secondary N) is 1. The maximum Gasteiger partial charge on any atom is 0.472 e. The van der Waals surface area contributed by atoms with Crippen molar-refractivity contribution in [1.82, 2.24) is 5.32 Å². The predicted octanol–water partition coefficient (Wildman–Crippen LogP) is 11.1. The third-order valence-electron chi connectivity index (χ3n) is 10.0. The number of phosphoric ester groups is 1. The van der Waals surface area contributed by atoms with Gasteiger partial charge < -0.3 is 24.9 Å². The van der Waals surface area contributed by atoms with Crippen LogP contribution in [0.25, 0.3) is 0 Å². The maximum atomic E-state index is 12.9. The van der Waals surface area contributed by atoms with Crippen LogP contribution >= 0.6 is 7.82 Å². The summed E-state index contributed by atoms with van der Waals surface area (Å²) < 4.78 is 23.5. The van der Waals surface area contributed by atoms with Crippen molar-refractivity contribution >= 4 is 13.7 Å². The van der Waals surface area contributed by atoms with Crippen molar-refractivity contribution in [3.63, 3.8) is 0 Å². The van der Waals surface area contributed by atoms with Crippen LogP contribution in [0.2, 0.25) is 0 Å². The molecule has 9 nitrogen and oxygen atoms in total. The number of carbonyl (C=O) groups excluding carboxylic acids is 1.